The Kier molecular flexibility index (Phi) is 13.6. The van der Waals surface area contributed by atoms with E-state index < -0.39 is 6.04 Å². The molecule has 2 aliphatic rings. The molecule has 4 N–H and O–H groups in total. The first-order valence-corrected chi connectivity index (χ1v) is 16.7. The van der Waals surface area contributed by atoms with Crippen molar-refractivity contribution in [2.75, 3.05) is 53.2 Å². The van der Waals surface area contributed by atoms with Gasteiger partial charge in [0.25, 0.3) is 0 Å². The number of nitrogens with zero attached hydrogens (tertiary/aromatic N) is 2. The van der Waals surface area contributed by atoms with Gasteiger partial charge in [-0.15, -0.1) is 11.3 Å². The average Bonchev–Trinajstić information content (AvgIpc) is 3.75. The monoisotopic (exact) mass is 629 g/mol. The van der Waals surface area contributed by atoms with E-state index in [9.17, 15) is 14.4 Å². The first-order chi connectivity index (χ1) is 21.4. The summed E-state index contributed by atoms with van der Waals surface area (Å²) in [6.07, 6.45) is 6.78. The minimum atomic E-state index is -0.558. The second-order valence-electron chi connectivity index (χ2n) is 11.4. The Morgan fingerprint density at radius 1 is 1.05 bits per heavy atom. The van der Waals surface area contributed by atoms with Crippen LogP contribution >= 0.6 is 11.3 Å². The van der Waals surface area contributed by atoms with Gasteiger partial charge >= 0.3 is 0 Å². The van der Waals surface area contributed by atoms with Gasteiger partial charge in [0.2, 0.25) is 17.6 Å². The highest BCUT2D eigenvalue weighted by molar-refractivity contribution is 7.10. The Hall–Kier alpha value is -2.90. The van der Waals surface area contributed by atoms with Gasteiger partial charge in [-0.3, -0.25) is 14.4 Å². The van der Waals surface area contributed by atoms with Gasteiger partial charge in [0.05, 0.1) is 38.5 Å². The summed E-state index contributed by atoms with van der Waals surface area (Å²) in [5.41, 5.74) is 6.22. The molecule has 0 radical (unpaired) electrons. The van der Waals surface area contributed by atoms with E-state index in [2.05, 4.69) is 10.6 Å². The highest BCUT2D eigenvalue weighted by Gasteiger charge is 2.40. The summed E-state index contributed by atoms with van der Waals surface area (Å²) in [4.78, 5) is 46.9. The highest BCUT2D eigenvalue weighted by atomic mass is 32.1. The number of likely N-dealkylation sites (N-methyl/N-ethyl adjacent to an activating group) is 1. The normalized spacial score (nSPS) is 18.6. The third kappa shape index (κ3) is 9.31. The summed E-state index contributed by atoms with van der Waals surface area (Å²) >= 11 is 1.40. The second kappa shape index (κ2) is 17.6. The van der Waals surface area contributed by atoms with E-state index in [0.29, 0.717) is 63.1 Å². The number of ketones is 1. The molecule has 1 saturated carbocycles. The van der Waals surface area contributed by atoms with Crippen LogP contribution in [0.3, 0.4) is 0 Å². The minimum absolute atomic E-state index is 0.0453. The molecule has 44 heavy (non-hydrogen) atoms. The van der Waals surface area contributed by atoms with Crippen molar-refractivity contribution in [1.29, 1.82) is 0 Å². The van der Waals surface area contributed by atoms with E-state index in [4.69, 9.17) is 24.9 Å². The van der Waals surface area contributed by atoms with Gasteiger partial charge in [-0.05, 0) is 57.7 Å². The molecular weight excluding hydrogens is 582 g/mol. The lowest BCUT2D eigenvalue weighted by molar-refractivity contribution is -0.139. The van der Waals surface area contributed by atoms with Crippen LogP contribution < -0.4 is 21.1 Å². The van der Waals surface area contributed by atoms with Crippen molar-refractivity contribution >= 4 is 28.9 Å². The quantitative estimate of drug-likeness (QED) is 0.178. The van der Waals surface area contributed by atoms with Gasteiger partial charge in [-0.1, -0.05) is 31.4 Å². The van der Waals surface area contributed by atoms with Crippen LogP contribution in [0.15, 0.2) is 29.6 Å². The molecule has 3 atom stereocenters. The van der Waals surface area contributed by atoms with Gasteiger partial charge in [0, 0.05) is 24.0 Å². The number of thiazole rings is 1. The topological polar surface area (TPSA) is 145 Å². The van der Waals surface area contributed by atoms with Crippen LogP contribution in [0.1, 0.15) is 79.0 Å². The Labute approximate surface area is 264 Å². The number of benzene rings is 1. The average molecular weight is 630 g/mol. The summed E-state index contributed by atoms with van der Waals surface area (Å²) in [7, 11) is 1.74. The maximum Gasteiger partial charge on any atom is 0.246 e. The van der Waals surface area contributed by atoms with Crippen molar-refractivity contribution < 1.29 is 28.6 Å². The molecule has 1 aliphatic carbocycles. The van der Waals surface area contributed by atoms with Crippen molar-refractivity contribution in [1.82, 2.24) is 20.5 Å². The number of rotatable bonds is 17. The van der Waals surface area contributed by atoms with Crippen LogP contribution in [0.5, 0.6) is 5.75 Å². The third-order valence-electron chi connectivity index (χ3n) is 8.31. The van der Waals surface area contributed by atoms with Gasteiger partial charge in [0.1, 0.15) is 29.1 Å². The molecule has 2 aromatic rings. The molecule has 1 aliphatic heterocycles. The predicted octanol–water partition coefficient (Wildman–Crippen LogP) is 3.08. The number of aromatic nitrogens is 1. The Morgan fingerprint density at radius 3 is 2.55 bits per heavy atom. The first-order valence-electron chi connectivity index (χ1n) is 15.8. The number of ether oxygens (including phenoxy) is 3. The maximum absolute atomic E-state index is 14.0. The third-order valence-corrected chi connectivity index (χ3v) is 9.26. The fourth-order valence-electron chi connectivity index (χ4n) is 5.77. The van der Waals surface area contributed by atoms with E-state index in [-0.39, 0.29) is 35.6 Å². The zero-order valence-corrected chi connectivity index (χ0v) is 26.7. The Balaban J connectivity index is 1.38. The molecule has 1 aromatic heterocycles. The molecule has 0 unspecified atom stereocenters. The van der Waals surface area contributed by atoms with Crippen LogP contribution in [0.25, 0.3) is 0 Å². The smallest absolute Gasteiger partial charge is 0.246 e. The van der Waals surface area contributed by atoms with Gasteiger partial charge in [0.15, 0.2) is 0 Å². The molecule has 1 saturated heterocycles. The molecular formula is C32H47N5O6S. The molecule has 11 nitrogen and oxygen atoms in total. The number of carbonyl (C=O) groups is 3. The van der Waals surface area contributed by atoms with E-state index in [1.54, 1.807) is 43.6 Å². The number of hydrogen-bond donors (Lipinski definition) is 3. The number of amides is 2. The van der Waals surface area contributed by atoms with Crippen LogP contribution in [-0.2, 0) is 19.1 Å². The van der Waals surface area contributed by atoms with Crippen molar-refractivity contribution in [3.63, 3.8) is 0 Å². The Morgan fingerprint density at radius 2 is 1.80 bits per heavy atom. The van der Waals surface area contributed by atoms with E-state index >= 15 is 0 Å². The summed E-state index contributed by atoms with van der Waals surface area (Å²) < 4.78 is 16.5. The maximum atomic E-state index is 14.0. The number of nitrogens with one attached hydrogen (secondary N) is 2. The lowest BCUT2D eigenvalue weighted by Gasteiger charge is -2.35. The first kappa shape index (κ1) is 34.0. The molecule has 4 rings (SSSR count). The number of hydrogen-bond acceptors (Lipinski definition) is 10. The number of nitrogens with two attached hydrogens (primary N) is 1. The predicted molar refractivity (Wildman–Crippen MR) is 169 cm³/mol. The van der Waals surface area contributed by atoms with Crippen molar-refractivity contribution in [2.45, 2.75) is 70.0 Å². The fraction of sp³-hybridized carbons (Fsp3) is 0.625. The zero-order valence-electron chi connectivity index (χ0n) is 25.9. The van der Waals surface area contributed by atoms with Crippen molar-refractivity contribution in [3.05, 3.63) is 45.9 Å². The molecule has 0 bridgehead atoms. The molecule has 2 heterocycles. The summed E-state index contributed by atoms with van der Waals surface area (Å²) in [5.74, 6) is 0.285. The van der Waals surface area contributed by atoms with Gasteiger partial charge < -0.3 is 35.5 Å². The molecule has 1 aromatic carbocycles. The van der Waals surface area contributed by atoms with Gasteiger partial charge in [-0.25, -0.2) is 4.98 Å². The molecule has 242 valence electrons. The zero-order chi connectivity index (χ0) is 31.3. The van der Waals surface area contributed by atoms with Crippen LogP contribution in [0, 0.1) is 5.92 Å². The van der Waals surface area contributed by atoms with Crippen molar-refractivity contribution in [2.24, 2.45) is 11.7 Å². The molecule has 2 fully saturated rings. The van der Waals surface area contributed by atoms with Crippen LogP contribution in [-0.4, -0.2) is 92.7 Å². The van der Waals surface area contributed by atoms with Crippen LogP contribution in [0.2, 0.25) is 0 Å². The lowest BCUT2D eigenvalue weighted by Crippen LogP contribution is -2.55. The van der Waals surface area contributed by atoms with E-state index in [1.165, 1.54) is 11.3 Å². The Bertz CT molecular complexity index is 1220. The lowest BCUT2D eigenvalue weighted by atomic mass is 9.83. The summed E-state index contributed by atoms with van der Waals surface area (Å²) in [6.45, 7) is 5.08. The standard InChI is InChI=1S/C32H47N5O6S/c1-22(34-2)30(39)36-28(23-8-4-3-5-9-23)32(40)37-14-7-12-27(37)31-35-26(21-44-31)29(38)24-10-6-11-25(20-24)43-19-18-42-17-16-41-15-13-33/h6,10-11,20-23,27-28,34H,3-5,7-9,12-19,33H2,1-2H3,(H,36,39)/t22-,27+,28-/m0/s1. The number of carbonyl (C=O) groups excluding carboxylic acids is 3. The van der Waals surface area contributed by atoms with E-state index in [1.807, 2.05) is 4.90 Å². The summed E-state index contributed by atoms with van der Waals surface area (Å²) in [6, 6.07) is 5.87. The van der Waals surface area contributed by atoms with E-state index in [0.717, 1.165) is 50.0 Å². The fourth-order valence-corrected chi connectivity index (χ4v) is 6.71. The van der Waals surface area contributed by atoms with Crippen LogP contribution in [0.4, 0.5) is 0 Å². The SMILES string of the molecule is CN[C@@H](C)C(=O)N[C@H](C(=O)N1CCC[C@@H]1c1nc(C(=O)c2cccc(OCCOCCOCCN)c2)cs1)C1CCCCC1. The highest BCUT2D eigenvalue weighted by Crippen LogP contribution is 2.36. The number of likely N-dealkylation sites (tertiary alicyclic amines) is 1. The molecule has 12 heteroatoms. The van der Waals surface area contributed by atoms with Gasteiger partial charge in [-0.2, -0.15) is 0 Å². The second-order valence-corrected chi connectivity index (χ2v) is 12.3. The molecule has 0 spiro atoms. The molecule has 2 amide bonds. The van der Waals surface area contributed by atoms with Crippen molar-refractivity contribution in [3.8, 4) is 5.75 Å². The summed E-state index contributed by atoms with van der Waals surface area (Å²) in [5, 5.41) is 8.56. The minimum Gasteiger partial charge on any atom is -0.491 e. The largest absolute Gasteiger partial charge is 0.491 e.